The van der Waals surface area contributed by atoms with Gasteiger partial charge in [-0.05, 0) is 49.4 Å². The molecule has 5 rings (SSSR count). The first-order chi connectivity index (χ1) is 17.8. The summed E-state index contributed by atoms with van der Waals surface area (Å²) >= 11 is 6.23. The zero-order valence-electron chi connectivity index (χ0n) is 20.6. The number of hydrogen-bond acceptors (Lipinski definition) is 5. The Hall–Kier alpha value is -4.03. The summed E-state index contributed by atoms with van der Waals surface area (Å²) in [4.78, 5) is 12.7. The topological polar surface area (TPSA) is 84.6 Å². The highest BCUT2D eigenvalue weighted by atomic mass is 35.5. The van der Waals surface area contributed by atoms with Gasteiger partial charge in [0.1, 0.15) is 17.5 Å². The van der Waals surface area contributed by atoms with Crippen LogP contribution >= 0.6 is 11.6 Å². The average Bonchev–Trinajstić information content (AvgIpc) is 3.64. The summed E-state index contributed by atoms with van der Waals surface area (Å²) in [6.07, 6.45) is 0.690. The lowest BCUT2D eigenvalue weighted by atomic mass is 9.92. The molecular weight excluding hydrogens is 488 g/mol. The molecule has 1 saturated carbocycles. The van der Waals surface area contributed by atoms with Crippen LogP contribution in [0.2, 0.25) is 5.02 Å². The van der Waals surface area contributed by atoms with E-state index in [1.54, 1.807) is 19.9 Å². The number of nitrogens with one attached hydrogen (secondary N) is 1. The monoisotopic (exact) mass is 514 g/mol. The van der Waals surface area contributed by atoms with Crippen LogP contribution in [0.15, 0.2) is 89.7 Å². The van der Waals surface area contributed by atoms with Crippen molar-refractivity contribution in [2.75, 3.05) is 5.32 Å². The number of halogens is 1. The van der Waals surface area contributed by atoms with Crippen molar-refractivity contribution in [2.24, 2.45) is 0 Å². The normalized spacial score (nSPS) is 14.6. The first kappa shape index (κ1) is 24.7. The number of aromatic nitrogens is 1. The van der Waals surface area contributed by atoms with Crippen LogP contribution < -0.4 is 5.32 Å². The van der Waals surface area contributed by atoms with Gasteiger partial charge < -0.3 is 14.4 Å². The highest BCUT2D eigenvalue weighted by Gasteiger charge is 2.47. The minimum Gasteiger partial charge on any atom is -0.512 e. The number of nitrogens with zero attached hydrogens (tertiary/aromatic N) is 1. The van der Waals surface area contributed by atoms with Gasteiger partial charge in [0.25, 0.3) is 0 Å². The fraction of sp³-hybridized carbons (Fsp3) is 0.200. The summed E-state index contributed by atoms with van der Waals surface area (Å²) in [6, 6.07) is 23.3. The van der Waals surface area contributed by atoms with Crippen molar-refractivity contribution in [2.45, 2.75) is 38.2 Å². The molecule has 0 aliphatic heterocycles. The summed E-state index contributed by atoms with van der Waals surface area (Å²) in [6.45, 7) is 7.26. The minimum atomic E-state index is -0.629. The first-order valence-electron chi connectivity index (χ1n) is 12.1. The highest BCUT2D eigenvalue weighted by Crippen LogP contribution is 2.52. The van der Waals surface area contributed by atoms with Crippen molar-refractivity contribution in [1.82, 2.24) is 5.16 Å². The van der Waals surface area contributed by atoms with Gasteiger partial charge in [0.05, 0.1) is 11.2 Å². The van der Waals surface area contributed by atoms with Gasteiger partial charge in [-0.1, -0.05) is 90.1 Å². The van der Waals surface area contributed by atoms with E-state index in [4.69, 9.17) is 20.9 Å². The molecule has 188 valence electrons. The SMILES string of the molecule is C=C(O)C1(c2ccc(-c3ccc(-c4onc(C)c4NC(=O)O[C@H](C)c4ccccc4Cl)cc3)cc2)CC1. The van der Waals surface area contributed by atoms with Gasteiger partial charge in [-0.25, -0.2) is 4.79 Å². The number of benzene rings is 3. The Morgan fingerprint density at radius 3 is 2.24 bits per heavy atom. The van der Waals surface area contributed by atoms with Gasteiger partial charge in [0.2, 0.25) is 0 Å². The summed E-state index contributed by atoms with van der Waals surface area (Å²) in [5.41, 5.74) is 5.37. The number of amides is 1. The van der Waals surface area contributed by atoms with Crippen LogP contribution in [-0.4, -0.2) is 16.4 Å². The quantitative estimate of drug-likeness (QED) is 0.242. The van der Waals surface area contributed by atoms with Crippen LogP contribution in [-0.2, 0) is 10.2 Å². The van der Waals surface area contributed by atoms with Gasteiger partial charge in [-0.2, -0.15) is 0 Å². The molecule has 1 aromatic heterocycles. The molecular formula is C30H27ClN2O4. The molecule has 1 amide bonds. The summed E-state index contributed by atoms with van der Waals surface area (Å²) in [5, 5.41) is 17.3. The molecule has 0 unspecified atom stereocenters. The van der Waals surface area contributed by atoms with E-state index in [0.29, 0.717) is 22.2 Å². The number of carbonyl (C=O) groups excluding carboxylic acids is 1. The number of aliphatic hydroxyl groups excluding tert-OH is 1. The molecule has 1 fully saturated rings. The second kappa shape index (κ2) is 9.79. The maximum absolute atomic E-state index is 12.7. The maximum atomic E-state index is 12.7. The average molecular weight is 515 g/mol. The van der Waals surface area contributed by atoms with E-state index in [0.717, 1.165) is 40.7 Å². The second-order valence-corrected chi connectivity index (χ2v) is 9.76. The molecule has 6 nitrogen and oxygen atoms in total. The predicted molar refractivity (Wildman–Crippen MR) is 145 cm³/mol. The number of hydrogen-bond donors (Lipinski definition) is 2. The Kier molecular flexibility index (Phi) is 6.52. The third-order valence-electron chi connectivity index (χ3n) is 6.94. The molecule has 1 aliphatic carbocycles. The van der Waals surface area contributed by atoms with E-state index < -0.39 is 12.2 Å². The Bertz CT molecular complexity index is 1450. The molecule has 0 spiro atoms. The van der Waals surface area contributed by atoms with Crippen LogP contribution in [0.1, 0.15) is 42.7 Å². The Morgan fingerprint density at radius 1 is 1.05 bits per heavy atom. The number of anilines is 1. The van der Waals surface area contributed by atoms with Gasteiger partial charge >= 0.3 is 6.09 Å². The molecule has 1 heterocycles. The summed E-state index contributed by atoms with van der Waals surface area (Å²) in [7, 11) is 0. The van der Waals surface area contributed by atoms with E-state index in [-0.39, 0.29) is 11.2 Å². The fourth-order valence-electron chi connectivity index (χ4n) is 4.54. The third-order valence-corrected chi connectivity index (χ3v) is 7.28. The second-order valence-electron chi connectivity index (χ2n) is 9.35. The number of aryl methyl sites for hydroxylation is 1. The Labute approximate surface area is 220 Å². The molecule has 0 radical (unpaired) electrons. The number of carbonyl (C=O) groups is 1. The molecule has 1 atom stereocenters. The zero-order chi connectivity index (χ0) is 26.2. The van der Waals surface area contributed by atoms with Gasteiger partial charge in [0.15, 0.2) is 5.76 Å². The predicted octanol–water partition coefficient (Wildman–Crippen LogP) is 8.38. The van der Waals surface area contributed by atoms with Crippen molar-refractivity contribution in [3.63, 3.8) is 0 Å². The van der Waals surface area contributed by atoms with E-state index in [9.17, 15) is 9.90 Å². The molecule has 0 bridgehead atoms. The van der Waals surface area contributed by atoms with Crippen molar-refractivity contribution < 1.29 is 19.2 Å². The lowest BCUT2D eigenvalue weighted by Crippen LogP contribution is -2.17. The van der Waals surface area contributed by atoms with Crippen molar-refractivity contribution in [3.8, 4) is 22.5 Å². The molecule has 7 heteroatoms. The molecule has 4 aromatic rings. The molecule has 3 aromatic carbocycles. The van der Waals surface area contributed by atoms with E-state index in [2.05, 4.69) is 41.3 Å². The minimum absolute atomic E-state index is 0.235. The van der Waals surface area contributed by atoms with E-state index in [1.807, 2.05) is 42.5 Å². The number of rotatable bonds is 7. The molecule has 37 heavy (non-hydrogen) atoms. The first-order valence-corrected chi connectivity index (χ1v) is 12.4. The van der Waals surface area contributed by atoms with Gasteiger partial charge in [-0.3, -0.25) is 5.32 Å². The molecule has 2 N–H and O–H groups in total. The van der Waals surface area contributed by atoms with E-state index in [1.165, 1.54) is 0 Å². The van der Waals surface area contributed by atoms with Crippen LogP contribution in [0.4, 0.5) is 10.5 Å². The Morgan fingerprint density at radius 2 is 1.65 bits per heavy atom. The lowest BCUT2D eigenvalue weighted by Gasteiger charge is -2.15. The lowest BCUT2D eigenvalue weighted by molar-refractivity contribution is 0.121. The summed E-state index contributed by atoms with van der Waals surface area (Å²) in [5.74, 6) is 0.678. The largest absolute Gasteiger partial charge is 0.512 e. The maximum Gasteiger partial charge on any atom is 0.412 e. The van der Waals surface area contributed by atoms with Crippen molar-refractivity contribution in [1.29, 1.82) is 0 Å². The van der Waals surface area contributed by atoms with Gasteiger partial charge in [-0.15, -0.1) is 0 Å². The Balaban J connectivity index is 1.30. The van der Waals surface area contributed by atoms with Crippen LogP contribution in [0.25, 0.3) is 22.5 Å². The standard InChI is InChI=1S/C30H27ClN2O4/c1-18-27(32-29(35)36-19(2)25-6-4-5-7-26(25)31)28(37-33-18)23-10-8-21(9-11-23)22-12-14-24(15-13-22)30(16-17-30)20(3)34/h4-15,19,34H,3,16-17H2,1-2H3,(H,32,35)/t19-/m1/s1. The number of aliphatic hydroxyl groups is 1. The van der Waals surface area contributed by atoms with Crippen LogP contribution in [0, 0.1) is 6.92 Å². The van der Waals surface area contributed by atoms with Crippen molar-refractivity contribution >= 4 is 23.4 Å². The number of allylic oxidation sites excluding steroid dienone is 1. The number of ether oxygens (including phenoxy) is 1. The summed E-state index contributed by atoms with van der Waals surface area (Å²) < 4.78 is 11.1. The van der Waals surface area contributed by atoms with E-state index >= 15 is 0 Å². The van der Waals surface area contributed by atoms with Crippen molar-refractivity contribution in [3.05, 3.63) is 107 Å². The van der Waals surface area contributed by atoms with Crippen LogP contribution in [0.3, 0.4) is 0 Å². The van der Waals surface area contributed by atoms with Crippen LogP contribution in [0.5, 0.6) is 0 Å². The zero-order valence-corrected chi connectivity index (χ0v) is 21.4. The molecule has 1 aliphatic rings. The highest BCUT2D eigenvalue weighted by molar-refractivity contribution is 6.31. The third kappa shape index (κ3) is 4.85. The van der Waals surface area contributed by atoms with Gasteiger partial charge in [0, 0.05) is 16.1 Å². The fourth-order valence-corrected chi connectivity index (χ4v) is 4.83. The smallest absolute Gasteiger partial charge is 0.412 e. The molecule has 0 saturated heterocycles.